The number of allylic oxidation sites excluding steroid dienone is 4. The third kappa shape index (κ3) is 11.6. The Morgan fingerprint density at radius 3 is 2.42 bits per heavy atom. The first-order valence-corrected chi connectivity index (χ1v) is 26.8. The average molecular weight is 1110 g/mol. The zero-order chi connectivity index (χ0) is 56.4. The first-order valence-electron chi connectivity index (χ1n) is 26.0. The summed E-state index contributed by atoms with van der Waals surface area (Å²) in [6.07, 6.45) is 4.39. The Labute approximate surface area is 456 Å². The van der Waals surface area contributed by atoms with Gasteiger partial charge in [-0.2, -0.15) is 0 Å². The van der Waals surface area contributed by atoms with E-state index in [2.05, 4.69) is 33.2 Å². The Balaban J connectivity index is 0.736. The van der Waals surface area contributed by atoms with E-state index in [-0.39, 0.29) is 61.5 Å². The molecule has 2 saturated heterocycles. The Kier molecular flexibility index (Phi) is 16.4. The highest BCUT2D eigenvalue weighted by atomic mass is 32.1. The van der Waals surface area contributed by atoms with Gasteiger partial charge in [0.1, 0.15) is 19.3 Å². The predicted octanol–water partition coefficient (Wildman–Crippen LogP) is 3.88. The van der Waals surface area contributed by atoms with Crippen LogP contribution in [-0.2, 0) is 75.2 Å². The number of nitrogens with zero attached hydrogens (tertiary/aromatic N) is 2. The number of ketones is 2. The van der Waals surface area contributed by atoms with Crippen molar-refractivity contribution in [2.45, 2.75) is 121 Å². The fourth-order valence-corrected chi connectivity index (χ4v) is 13.5. The number of hydroxylamine groups is 2. The lowest BCUT2D eigenvalue weighted by atomic mass is 9.46. The summed E-state index contributed by atoms with van der Waals surface area (Å²) in [6.45, 7) is 2.55. The van der Waals surface area contributed by atoms with Crippen LogP contribution < -0.4 is 21.3 Å². The second kappa shape index (κ2) is 23.1. The number of anilines is 2. The van der Waals surface area contributed by atoms with Gasteiger partial charge < -0.3 is 50.3 Å². The molecule has 3 aromatic rings. The number of aliphatic hydroxyl groups excluding tert-OH is 2. The number of fused-ring (bicyclic) bond motifs is 7. The fraction of sp³-hybridized carbons (Fsp3) is 0.473. The maximum atomic E-state index is 14.0. The first kappa shape index (κ1) is 56.2. The molecule has 23 nitrogen and oxygen atoms in total. The molecule has 10 atom stereocenters. The van der Waals surface area contributed by atoms with Crippen LogP contribution in [0.3, 0.4) is 0 Å². The molecule has 5 fully saturated rings. The van der Waals surface area contributed by atoms with Gasteiger partial charge in [0, 0.05) is 66.4 Å². The summed E-state index contributed by atoms with van der Waals surface area (Å²) >= 11 is 1.35. The normalized spacial score (nSPS) is 27.8. The number of imide groups is 1. The predicted molar refractivity (Wildman–Crippen MR) is 275 cm³/mol. The number of carbonyl (C=O) groups is 10. The molecule has 1 aromatic heterocycles. The largest absolute Gasteiger partial charge is 0.481 e. The van der Waals surface area contributed by atoms with Crippen molar-refractivity contribution in [2.75, 3.05) is 23.8 Å². The number of aromatic nitrogens is 1. The minimum atomic E-state index is -1.50. The van der Waals surface area contributed by atoms with Crippen LogP contribution in [0.5, 0.6) is 0 Å². The van der Waals surface area contributed by atoms with E-state index in [0.717, 1.165) is 17.6 Å². The Hall–Kier alpha value is -7.51. The van der Waals surface area contributed by atoms with Crippen molar-refractivity contribution in [3.63, 3.8) is 0 Å². The van der Waals surface area contributed by atoms with Crippen LogP contribution in [0.1, 0.15) is 105 Å². The summed E-state index contributed by atoms with van der Waals surface area (Å²) in [7, 11) is 0. The minimum Gasteiger partial charge on any atom is -0.481 e. The average Bonchev–Trinajstić information content (AvgIpc) is 3.98. The van der Waals surface area contributed by atoms with Gasteiger partial charge in [0.05, 0.1) is 35.1 Å². The molecule has 4 aliphatic carbocycles. The van der Waals surface area contributed by atoms with E-state index in [1.165, 1.54) is 23.5 Å². The van der Waals surface area contributed by atoms with Gasteiger partial charge in [-0.15, -0.1) is 16.4 Å². The molecule has 6 aliphatic rings. The maximum Gasteiger partial charge on any atom is 0.411 e. The van der Waals surface area contributed by atoms with E-state index >= 15 is 0 Å². The number of thiazole rings is 1. The summed E-state index contributed by atoms with van der Waals surface area (Å²) in [5.41, 5.74) is 0.264. The van der Waals surface area contributed by atoms with Gasteiger partial charge in [0.25, 0.3) is 11.8 Å². The Morgan fingerprint density at radius 2 is 1.68 bits per heavy atom. The van der Waals surface area contributed by atoms with Crippen LogP contribution in [0.2, 0.25) is 0 Å². The molecule has 3 saturated carbocycles. The minimum absolute atomic E-state index is 0.0245. The summed E-state index contributed by atoms with van der Waals surface area (Å²) in [5, 5.41) is 42.6. The van der Waals surface area contributed by atoms with Crippen molar-refractivity contribution in [3.8, 4) is 0 Å². The summed E-state index contributed by atoms with van der Waals surface area (Å²) < 4.78 is 18.8. The third-order valence-electron chi connectivity index (χ3n) is 16.2. The molecule has 9 rings (SSSR count). The molecule has 7 N–H and O–H groups in total. The molecule has 0 bridgehead atoms. The van der Waals surface area contributed by atoms with E-state index in [1.54, 1.807) is 48.7 Å². The molecule has 0 spiro atoms. The highest BCUT2D eigenvalue weighted by molar-refractivity contribution is 7.11. The summed E-state index contributed by atoms with van der Waals surface area (Å²) in [4.78, 5) is 134. The molecule has 0 radical (unpaired) electrons. The molecule has 6 amide bonds. The Morgan fingerprint density at radius 1 is 0.924 bits per heavy atom. The number of ether oxygens (including phenoxy) is 3. The van der Waals surface area contributed by atoms with Gasteiger partial charge in [0.2, 0.25) is 17.7 Å². The lowest BCUT2D eigenvalue weighted by Gasteiger charge is -2.59. The van der Waals surface area contributed by atoms with Crippen molar-refractivity contribution >= 4 is 81.8 Å². The number of aliphatic carboxylic acids is 1. The van der Waals surface area contributed by atoms with Gasteiger partial charge in [-0.05, 0) is 91.5 Å². The van der Waals surface area contributed by atoms with E-state index in [4.69, 9.17) is 19.0 Å². The number of Topliss-reactive ketones (excluding diaryl/α,β-unsaturated/α-hetero) is 1. The number of hydrogen-bond acceptors (Lipinski definition) is 18. The van der Waals surface area contributed by atoms with E-state index in [0.29, 0.717) is 45.5 Å². The van der Waals surface area contributed by atoms with Crippen LogP contribution in [0.25, 0.3) is 0 Å². The Bertz CT molecular complexity index is 3020. The number of hydrogen-bond donors (Lipinski definition) is 7. The molecule has 418 valence electrons. The number of benzene rings is 2. The van der Waals surface area contributed by atoms with Gasteiger partial charge in [-0.1, -0.05) is 49.8 Å². The lowest BCUT2D eigenvalue weighted by Crippen LogP contribution is -2.63. The second-order valence-electron chi connectivity index (χ2n) is 21.1. The lowest BCUT2D eigenvalue weighted by molar-refractivity contribution is -0.200. The van der Waals surface area contributed by atoms with Crippen molar-refractivity contribution in [1.29, 1.82) is 0 Å². The number of carboxylic acids is 1. The SMILES string of the molecule is C[C@]12C=CC(=O)C=C1CC[C@@H]1[C@@H]2[C@@H](O)C[C@@]2(C)[C@H]1C[C@H]1O[C@H](c3cnc(Cc4cccc(NC(=O)OCc5ccc(NC(=O)[C@H](CCC(=O)O)NC(=O)CNC(=O)CCC(=O)ON6C(=O)CCC6=O)cc5)c4)s3)O[C@]12C(=O)CO. The molecule has 0 unspecified atom stereocenters. The third-order valence-corrected chi connectivity index (χ3v) is 17.2. The highest BCUT2D eigenvalue weighted by Gasteiger charge is 2.76. The molecular formula is C55H60N6O17S. The monoisotopic (exact) mass is 1110 g/mol. The van der Waals surface area contributed by atoms with Crippen LogP contribution in [0.15, 0.2) is 78.5 Å². The van der Waals surface area contributed by atoms with Crippen molar-refractivity contribution in [2.24, 2.45) is 28.6 Å². The van der Waals surface area contributed by atoms with Gasteiger partial charge in [-0.3, -0.25) is 43.7 Å². The molecular weight excluding hydrogens is 1050 g/mol. The summed E-state index contributed by atoms with van der Waals surface area (Å²) in [5.74, 6) is -6.65. The number of amides is 6. The number of aliphatic hydroxyl groups is 2. The van der Waals surface area contributed by atoms with Gasteiger partial charge in [0.15, 0.2) is 23.5 Å². The number of carbonyl (C=O) groups excluding carboxylic acids is 9. The second-order valence-corrected chi connectivity index (χ2v) is 22.3. The van der Waals surface area contributed by atoms with Crippen molar-refractivity contribution in [1.82, 2.24) is 20.7 Å². The quantitative estimate of drug-likeness (QED) is 0.0790. The van der Waals surface area contributed by atoms with Crippen LogP contribution >= 0.6 is 11.3 Å². The van der Waals surface area contributed by atoms with E-state index < -0.39 is 127 Å². The van der Waals surface area contributed by atoms with Crippen LogP contribution in [-0.4, -0.2) is 122 Å². The molecule has 3 heterocycles. The highest BCUT2D eigenvalue weighted by Crippen LogP contribution is 2.70. The van der Waals surface area contributed by atoms with E-state index in [9.17, 15) is 63.3 Å². The zero-order valence-corrected chi connectivity index (χ0v) is 44.0. The topological polar surface area (TPSA) is 333 Å². The van der Waals surface area contributed by atoms with Crippen molar-refractivity contribution in [3.05, 3.63) is 99.5 Å². The standard InChI is InChI=1S/C55H60N6O17S/c1-53-19-18-34(63)22-31(53)8-11-35-36-23-41-55(40(65)27-62,54(36,2)24-38(64)49(35)53)77-51(76-41)39-25-57-44(79-39)21-30-4-3-5-33(20-30)59-52(74)75-28-29-6-9-32(10-7-29)58-50(73)37(12-16-47(70)71)60-43(67)26-56-42(66)13-17-48(72)78-61-45(68)14-15-46(61)69/h3-7,9-10,18-20,22,25,35-38,41,49,51,62,64H,8,11-17,21,23-24,26-28H2,1-2H3,(H,56,66)(H,58,73)(H,59,74)(H,60,67)(H,70,71)/t35-,36-,37-,38-,41+,49+,51-,53-,54-,55+/m0/s1. The fourth-order valence-electron chi connectivity index (χ4n) is 12.5. The van der Waals surface area contributed by atoms with Crippen molar-refractivity contribution < 1.29 is 82.3 Å². The van der Waals surface area contributed by atoms with Crippen LogP contribution in [0.4, 0.5) is 16.2 Å². The zero-order valence-electron chi connectivity index (χ0n) is 43.2. The first-order chi connectivity index (χ1) is 37.7. The van der Waals surface area contributed by atoms with Gasteiger partial charge in [-0.25, -0.2) is 14.6 Å². The number of rotatable bonds is 20. The molecule has 79 heavy (non-hydrogen) atoms. The smallest absolute Gasteiger partial charge is 0.411 e. The maximum absolute atomic E-state index is 14.0. The molecule has 2 aromatic carbocycles. The van der Waals surface area contributed by atoms with Crippen LogP contribution in [0, 0.1) is 28.6 Å². The molecule has 24 heteroatoms. The number of carboxylic acid groups (broad SMARTS) is 1. The van der Waals surface area contributed by atoms with E-state index in [1.807, 2.05) is 19.1 Å². The molecule has 2 aliphatic heterocycles. The van der Waals surface area contributed by atoms with Gasteiger partial charge >= 0.3 is 18.0 Å². The number of nitrogens with one attached hydrogen (secondary N) is 4. The summed E-state index contributed by atoms with van der Waals surface area (Å²) in [6, 6.07) is 12.0.